The fourth-order valence-corrected chi connectivity index (χ4v) is 5.54. The van der Waals surface area contributed by atoms with Crippen molar-refractivity contribution in [1.82, 2.24) is 0 Å². The zero-order chi connectivity index (χ0) is 21.6. The van der Waals surface area contributed by atoms with Crippen LogP contribution < -0.4 is 0 Å². The van der Waals surface area contributed by atoms with Crippen LogP contribution in [0.5, 0.6) is 0 Å². The van der Waals surface area contributed by atoms with Crippen molar-refractivity contribution < 1.29 is 18.3 Å². The lowest BCUT2D eigenvalue weighted by molar-refractivity contribution is -0.140. The van der Waals surface area contributed by atoms with Crippen molar-refractivity contribution in [3.63, 3.8) is 0 Å². The highest BCUT2D eigenvalue weighted by Crippen LogP contribution is 2.25. The highest BCUT2D eigenvalue weighted by atomic mass is 32.2. The maximum atomic E-state index is 12.8. The monoisotopic (exact) mass is 437 g/mol. The third kappa shape index (κ3) is 5.50. The van der Waals surface area contributed by atoms with E-state index in [4.69, 9.17) is 5.26 Å². The van der Waals surface area contributed by atoms with Crippen molar-refractivity contribution in [2.24, 2.45) is 5.92 Å². The van der Waals surface area contributed by atoms with Crippen molar-refractivity contribution in [3.8, 4) is 17.2 Å². The quantitative estimate of drug-likeness (QED) is 0.522. The molecule has 0 amide bonds. The predicted octanol–water partition coefficient (Wildman–Crippen LogP) is 4.49. The summed E-state index contributed by atoms with van der Waals surface area (Å²) in [5, 5.41) is 18.4. The van der Waals surface area contributed by atoms with Crippen LogP contribution in [0.3, 0.4) is 0 Å². The fourth-order valence-electron chi connectivity index (χ4n) is 2.86. The normalized spacial score (nSPS) is 12.1. The molecule has 0 spiro atoms. The number of hydrogen-bond donors (Lipinski definition) is 1. The first-order chi connectivity index (χ1) is 14.4. The van der Waals surface area contributed by atoms with E-state index < -0.39 is 27.5 Å². The van der Waals surface area contributed by atoms with Gasteiger partial charge in [0.15, 0.2) is 9.84 Å². The third-order valence-corrected chi connectivity index (χ3v) is 7.53. The van der Waals surface area contributed by atoms with E-state index in [1.165, 1.54) is 23.9 Å². The number of aliphatic carboxylic acids is 1. The lowest BCUT2D eigenvalue weighted by Crippen LogP contribution is -2.26. The van der Waals surface area contributed by atoms with Gasteiger partial charge in [0.2, 0.25) is 0 Å². The van der Waals surface area contributed by atoms with Crippen LogP contribution in [0.15, 0.2) is 88.7 Å². The average molecular weight is 438 g/mol. The second kappa shape index (κ2) is 9.61. The summed E-state index contributed by atoms with van der Waals surface area (Å²) in [5.74, 6) is -2.44. The molecule has 0 fully saturated rings. The Hall–Kier alpha value is -3.08. The highest BCUT2D eigenvalue weighted by Gasteiger charge is 2.27. The minimum Gasteiger partial charge on any atom is -0.481 e. The van der Waals surface area contributed by atoms with Crippen LogP contribution in [0.2, 0.25) is 0 Å². The number of rotatable bonds is 8. The zero-order valence-electron chi connectivity index (χ0n) is 15.9. The summed E-state index contributed by atoms with van der Waals surface area (Å²) < 4.78 is 25.6. The van der Waals surface area contributed by atoms with Crippen LogP contribution in [0, 0.1) is 17.2 Å². The second-order valence-electron chi connectivity index (χ2n) is 6.65. The van der Waals surface area contributed by atoms with Gasteiger partial charge in [0, 0.05) is 10.6 Å². The molecule has 3 rings (SSSR count). The molecule has 0 aliphatic carbocycles. The van der Waals surface area contributed by atoms with Gasteiger partial charge in [-0.15, -0.1) is 11.8 Å². The second-order valence-corrected chi connectivity index (χ2v) is 9.78. The average Bonchev–Trinajstić information content (AvgIpc) is 2.77. The molecule has 5 nitrogen and oxygen atoms in total. The Labute approximate surface area is 179 Å². The van der Waals surface area contributed by atoms with Crippen molar-refractivity contribution in [3.05, 3.63) is 84.4 Å². The van der Waals surface area contributed by atoms with Gasteiger partial charge in [-0.05, 0) is 47.5 Å². The lowest BCUT2D eigenvalue weighted by Gasteiger charge is -2.13. The number of nitrogens with zero attached hydrogens (tertiary/aromatic N) is 1. The highest BCUT2D eigenvalue weighted by molar-refractivity contribution is 7.99. The molecule has 3 aromatic carbocycles. The van der Waals surface area contributed by atoms with E-state index in [1.807, 2.05) is 30.3 Å². The fraction of sp³-hybridized carbons (Fsp3) is 0.130. The summed E-state index contributed by atoms with van der Waals surface area (Å²) in [4.78, 5) is 12.6. The van der Waals surface area contributed by atoms with E-state index in [-0.39, 0.29) is 10.6 Å². The molecular weight excluding hydrogens is 418 g/mol. The number of carbonyl (C=O) groups is 1. The molecule has 1 unspecified atom stereocenters. The molecule has 1 atom stereocenters. The van der Waals surface area contributed by atoms with E-state index in [9.17, 15) is 18.3 Å². The van der Waals surface area contributed by atoms with Gasteiger partial charge in [0.05, 0.1) is 28.2 Å². The molecule has 0 heterocycles. The first kappa shape index (κ1) is 21.6. The van der Waals surface area contributed by atoms with Crippen LogP contribution in [0.25, 0.3) is 11.1 Å². The summed E-state index contributed by atoms with van der Waals surface area (Å²) in [6.45, 7) is 0. The van der Waals surface area contributed by atoms with E-state index in [1.54, 1.807) is 36.4 Å². The van der Waals surface area contributed by atoms with E-state index in [2.05, 4.69) is 6.07 Å². The number of hydrogen-bond acceptors (Lipinski definition) is 5. The van der Waals surface area contributed by atoms with Crippen LogP contribution in [-0.4, -0.2) is 31.0 Å². The van der Waals surface area contributed by atoms with Crippen molar-refractivity contribution >= 4 is 27.6 Å². The molecule has 0 aliphatic rings. The Morgan fingerprint density at radius 1 is 0.933 bits per heavy atom. The number of nitriles is 1. The number of carboxylic acid groups (broad SMARTS) is 1. The molecule has 0 bridgehead atoms. The number of benzene rings is 3. The molecule has 0 aliphatic heterocycles. The molecule has 7 heteroatoms. The maximum Gasteiger partial charge on any atom is 0.308 e. The summed E-state index contributed by atoms with van der Waals surface area (Å²) >= 11 is 1.33. The number of sulfone groups is 1. The van der Waals surface area contributed by atoms with Crippen LogP contribution in [0.4, 0.5) is 0 Å². The maximum absolute atomic E-state index is 12.8. The molecule has 152 valence electrons. The van der Waals surface area contributed by atoms with Crippen molar-refractivity contribution in [1.29, 1.82) is 5.26 Å². The first-order valence-corrected chi connectivity index (χ1v) is 11.8. The van der Waals surface area contributed by atoms with Crippen LogP contribution in [0.1, 0.15) is 5.56 Å². The smallest absolute Gasteiger partial charge is 0.308 e. The molecule has 3 aromatic rings. The van der Waals surface area contributed by atoms with Gasteiger partial charge < -0.3 is 5.11 Å². The molecule has 1 N–H and O–H groups in total. The summed E-state index contributed by atoms with van der Waals surface area (Å²) in [7, 11) is -3.76. The molecule has 0 aromatic heterocycles. The summed E-state index contributed by atoms with van der Waals surface area (Å²) in [5.41, 5.74) is 2.22. The Bertz CT molecular complexity index is 1150. The van der Waals surface area contributed by atoms with Crippen molar-refractivity contribution in [2.45, 2.75) is 9.79 Å². The molecule has 0 saturated carbocycles. The van der Waals surface area contributed by atoms with Gasteiger partial charge in [-0.25, -0.2) is 8.42 Å². The Morgan fingerprint density at radius 2 is 1.50 bits per heavy atom. The van der Waals surface area contributed by atoms with Gasteiger partial charge in [-0.1, -0.05) is 42.5 Å². The number of carboxylic acids is 1. The molecule has 0 saturated heterocycles. The molecule has 0 radical (unpaired) electrons. The Balaban J connectivity index is 1.72. The summed E-state index contributed by atoms with van der Waals surface area (Å²) in [6.07, 6.45) is 0. The van der Waals surface area contributed by atoms with E-state index in [0.717, 1.165) is 16.0 Å². The summed E-state index contributed by atoms with van der Waals surface area (Å²) in [6, 6.07) is 24.7. The SMILES string of the molecule is N#Cc1ccc(-c2ccc(S(=O)(=O)CC(CSc3ccccc3)C(=O)O)cc2)cc1. The first-order valence-electron chi connectivity index (χ1n) is 9.13. The van der Waals surface area contributed by atoms with E-state index in [0.29, 0.717) is 5.56 Å². The van der Waals surface area contributed by atoms with Crippen LogP contribution >= 0.6 is 11.8 Å². The Morgan fingerprint density at radius 3 is 2.03 bits per heavy atom. The largest absolute Gasteiger partial charge is 0.481 e. The van der Waals surface area contributed by atoms with Crippen molar-refractivity contribution in [2.75, 3.05) is 11.5 Å². The number of thioether (sulfide) groups is 1. The van der Waals surface area contributed by atoms with Gasteiger partial charge in [-0.2, -0.15) is 5.26 Å². The molecule has 30 heavy (non-hydrogen) atoms. The topological polar surface area (TPSA) is 95.2 Å². The minimum absolute atomic E-state index is 0.0934. The standard InChI is InChI=1S/C23H19NO4S2/c24-14-17-6-8-18(9-7-17)19-10-12-22(13-11-19)30(27,28)16-20(23(25)26)15-29-21-4-2-1-3-5-21/h1-13,20H,15-16H2,(H,25,26). The van der Waals surface area contributed by atoms with Gasteiger partial charge in [0.25, 0.3) is 0 Å². The molecular formula is C23H19NO4S2. The van der Waals surface area contributed by atoms with E-state index >= 15 is 0 Å². The van der Waals surface area contributed by atoms with Crippen LogP contribution in [-0.2, 0) is 14.6 Å². The van der Waals surface area contributed by atoms with Gasteiger partial charge in [0.1, 0.15) is 0 Å². The van der Waals surface area contributed by atoms with Gasteiger partial charge in [-0.3, -0.25) is 4.79 Å². The minimum atomic E-state index is -3.76. The zero-order valence-corrected chi connectivity index (χ0v) is 17.6. The third-order valence-electron chi connectivity index (χ3n) is 4.52. The predicted molar refractivity (Wildman–Crippen MR) is 117 cm³/mol. The van der Waals surface area contributed by atoms with Gasteiger partial charge >= 0.3 is 5.97 Å². The lowest BCUT2D eigenvalue weighted by atomic mass is 10.0. The Kier molecular flexibility index (Phi) is 6.93.